The highest BCUT2D eigenvalue weighted by atomic mass is 32.2. The molecule has 1 fully saturated rings. The van der Waals surface area contributed by atoms with Crippen molar-refractivity contribution in [1.82, 2.24) is 19.7 Å². The molecular weight excluding hydrogens is 392 g/mol. The summed E-state index contributed by atoms with van der Waals surface area (Å²) >= 11 is 1.47. The van der Waals surface area contributed by atoms with E-state index in [1.165, 1.54) is 29.3 Å². The lowest BCUT2D eigenvalue weighted by molar-refractivity contribution is -0.131. The highest BCUT2D eigenvalue weighted by Crippen LogP contribution is 2.29. The molecule has 3 aromatic rings. The van der Waals surface area contributed by atoms with Crippen molar-refractivity contribution >= 4 is 17.7 Å². The highest BCUT2D eigenvalue weighted by molar-refractivity contribution is 7.99. The number of aromatic nitrogens is 3. The number of likely N-dealkylation sites (tertiary alicyclic amines) is 1. The number of thioether (sulfide) groups is 1. The zero-order valence-electron chi connectivity index (χ0n) is 17.8. The lowest BCUT2D eigenvalue weighted by Crippen LogP contribution is -2.42. The van der Waals surface area contributed by atoms with Gasteiger partial charge in [-0.25, -0.2) is 0 Å². The Labute approximate surface area is 182 Å². The van der Waals surface area contributed by atoms with Gasteiger partial charge < -0.3 is 4.90 Å². The van der Waals surface area contributed by atoms with Crippen LogP contribution in [0.1, 0.15) is 37.3 Å². The van der Waals surface area contributed by atoms with Crippen molar-refractivity contribution in [2.45, 2.75) is 51.2 Å². The van der Waals surface area contributed by atoms with Crippen LogP contribution in [0.2, 0.25) is 0 Å². The Kier molecular flexibility index (Phi) is 6.23. The van der Waals surface area contributed by atoms with Gasteiger partial charge in [0.2, 0.25) is 5.91 Å². The zero-order valence-corrected chi connectivity index (χ0v) is 18.7. The molecule has 0 radical (unpaired) electrons. The molecule has 0 spiro atoms. The number of piperidine rings is 1. The number of carbonyl (C=O) groups is 1. The third-order valence-corrected chi connectivity index (χ3v) is 6.77. The van der Waals surface area contributed by atoms with E-state index in [1.807, 2.05) is 35.2 Å². The number of hydrogen-bond donors (Lipinski definition) is 0. The number of hydrogen-bond acceptors (Lipinski definition) is 4. The van der Waals surface area contributed by atoms with Crippen molar-refractivity contribution in [3.63, 3.8) is 0 Å². The van der Waals surface area contributed by atoms with E-state index in [-0.39, 0.29) is 5.91 Å². The number of nitrogens with zero attached hydrogens (tertiary/aromatic N) is 4. The van der Waals surface area contributed by atoms with Crippen LogP contribution in [0.25, 0.3) is 17.1 Å². The molecule has 156 valence electrons. The van der Waals surface area contributed by atoms with Crippen molar-refractivity contribution in [3.05, 3.63) is 59.7 Å². The summed E-state index contributed by atoms with van der Waals surface area (Å²) in [5.41, 5.74) is 4.49. The Hall–Kier alpha value is -2.60. The van der Waals surface area contributed by atoms with Crippen molar-refractivity contribution in [1.29, 1.82) is 0 Å². The van der Waals surface area contributed by atoms with E-state index in [2.05, 4.69) is 53.7 Å². The van der Waals surface area contributed by atoms with E-state index in [4.69, 9.17) is 0 Å². The molecule has 1 atom stereocenters. The third-order valence-electron chi connectivity index (χ3n) is 5.86. The minimum atomic E-state index is 0.183. The van der Waals surface area contributed by atoms with Gasteiger partial charge in [0, 0.05) is 23.8 Å². The van der Waals surface area contributed by atoms with Gasteiger partial charge in [0.15, 0.2) is 11.0 Å². The molecule has 4 rings (SSSR count). The summed E-state index contributed by atoms with van der Waals surface area (Å²) in [6.07, 6.45) is 3.39. The molecule has 1 amide bonds. The van der Waals surface area contributed by atoms with Crippen molar-refractivity contribution in [3.8, 4) is 17.1 Å². The van der Waals surface area contributed by atoms with Gasteiger partial charge in [-0.3, -0.25) is 9.36 Å². The van der Waals surface area contributed by atoms with E-state index in [0.29, 0.717) is 11.8 Å². The molecule has 5 nitrogen and oxygen atoms in total. The second kappa shape index (κ2) is 9.04. The van der Waals surface area contributed by atoms with Crippen LogP contribution in [0, 0.1) is 13.8 Å². The number of benzene rings is 2. The second-order valence-corrected chi connectivity index (χ2v) is 8.94. The van der Waals surface area contributed by atoms with Gasteiger partial charge in [-0.2, -0.15) is 0 Å². The molecule has 1 aromatic heterocycles. The quantitative estimate of drug-likeness (QED) is 0.542. The first-order valence-electron chi connectivity index (χ1n) is 10.6. The van der Waals surface area contributed by atoms with Gasteiger partial charge in [0.25, 0.3) is 0 Å². The van der Waals surface area contributed by atoms with Gasteiger partial charge in [0.1, 0.15) is 0 Å². The molecule has 0 aliphatic carbocycles. The number of aryl methyl sites for hydroxylation is 2. The maximum absolute atomic E-state index is 12.8. The zero-order chi connectivity index (χ0) is 21.1. The van der Waals surface area contributed by atoms with E-state index < -0.39 is 0 Å². The number of carbonyl (C=O) groups excluding carboxylic acids is 1. The second-order valence-electron chi connectivity index (χ2n) is 8.00. The van der Waals surface area contributed by atoms with Gasteiger partial charge in [0.05, 0.1) is 5.75 Å². The first-order chi connectivity index (χ1) is 14.5. The molecule has 2 aromatic carbocycles. The topological polar surface area (TPSA) is 51.0 Å². The number of rotatable bonds is 5. The Morgan fingerprint density at radius 2 is 1.87 bits per heavy atom. The van der Waals surface area contributed by atoms with Crippen LogP contribution in [0.5, 0.6) is 0 Å². The van der Waals surface area contributed by atoms with Crippen LogP contribution in [0.3, 0.4) is 0 Å². The molecule has 1 aliphatic heterocycles. The van der Waals surface area contributed by atoms with E-state index in [9.17, 15) is 4.79 Å². The monoisotopic (exact) mass is 420 g/mol. The van der Waals surface area contributed by atoms with Gasteiger partial charge in [-0.05, 0) is 69.4 Å². The van der Waals surface area contributed by atoms with Crippen LogP contribution in [0.4, 0.5) is 0 Å². The fourth-order valence-electron chi connectivity index (χ4n) is 3.92. The van der Waals surface area contributed by atoms with Gasteiger partial charge in [-0.1, -0.05) is 42.1 Å². The van der Waals surface area contributed by atoms with Gasteiger partial charge >= 0.3 is 0 Å². The molecule has 6 heteroatoms. The summed E-state index contributed by atoms with van der Waals surface area (Å²) in [5, 5.41) is 9.71. The Balaban J connectivity index is 1.64. The minimum absolute atomic E-state index is 0.183. The summed E-state index contributed by atoms with van der Waals surface area (Å²) in [7, 11) is 0. The Morgan fingerprint density at radius 1 is 1.07 bits per heavy atom. The smallest absolute Gasteiger partial charge is 0.233 e. The lowest BCUT2D eigenvalue weighted by Gasteiger charge is -2.33. The third kappa shape index (κ3) is 4.29. The van der Waals surface area contributed by atoms with Gasteiger partial charge in [-0.15, -0.1) is 10.2 Å². The standard InChI is InChI=1S/C24H28N4OS/c1-17-12-13-20(15-18(17)2)23-25-26-24(28(23)21-10-5-4-6-11-21)30-16-22(29)27-14-8-7-9-19(27)3/h4-6,10-13,15,19H,7-9,14,16H2,1-3H3/t19-/m0/s1. The first-order valence-corrected chi connectivity index (χ1v) is 11.5. The highest BCUT2D eigenvalue weighted by Gasteiger charge is 2.24. The molecule has 30 heavy (non-hydrogen) atoms. The number of para-hydroxylation sites is 1. The molecule has 0 unspecified atom stereocenters. The molecule has 2 heterocycles. The predicted molar refractivity (Wildman–Crippen MR) is 122 cm³/mol. The number of amides is 1. The maximum Gasteiger partial charge on any atom is 0.233 e. The van der Waals surface area contributed by atoms with Crippen molar-refractivity contribution < 1.29 is 4.79 Å². The lowest BCUT2D eigenvalue weighted by atomic mass is 10.0. The van der Waals surface area contributed by atoms with Crippen LogP contribution in [0.15, 0.2) is 53.7 Å². The first kappa shape index (κ1) is 20.7. The van der Waals surface area contributed by atoms with Crippen LogP contribution in [-0.2, 0) is 4.79 Å². The average Bonchev–Trinajstić information content (AvgIpc) is 3.19. The SMILES string of the molecule is Cc1ccc(-c2nnc(SCC(=O)N3CCCC[C@@H]3C)n2-c2ccccc2)cc1C. The molecule has 1 aliphatic rings. The Bertz CT molecular complexity index is 1030. The molecular formula is C24H28N4OS. The average molecular weight is 421 g/mol. The fraction of sp³-hybridized carbons (Fsp3) is 0.375. The van der Waals surface area contributed by atoms with Crippen LogP contribution in [-0.4, -0.2) is 43.9 Å². The van der Waals surface area contributed by atoms with E-state index >= 15 is 0 Å². The Morgan fingerprint density at radius 3 is 2.60 bits per heavy atom. The molecule has 1 saturated heterocycles. The fourth-order valence-corrected chi connectivity index (χ4v) is 4.76. The maximum atomic E-state index is 12.8. The normalized spacial score (nSPS) is 16.6. The van der Waals surface area contributed by atoms with Crippen molar-refractivity contribution in [2.75, 3.05) is 12.3 Å². The van der Waals surface area contributed by atoms with Crippen LogP contribution >= 0.6 is 11.8 Å². The molecule has 0 N–H and O–H groups in total. The minimum Gasteiger partial charge on any atom is -0.339 e. The summed E-state index contributed by atoms with van der Waals surface area (Å²) in [6, 6.07) is 16.8. The summed E-state index contributed by atoms with van der Waals surface area (Å²) in [6.45, 7) is 7.22. The van der Waals surface area contributed by atoms with Crippen LogP contribution < -0.4 is 0 Å². The van der Waals surface area contributed by atoms with E-state index in [1.54, 1.807) is 0 Å². The summed E-state index contributed by atoms with van der Waals surface area (Å²) in [4.78, 5) is 14.9. The van der Waals surface area contributed by atoms with E-state index in [0.717, 1.165) is 41.6 Å². The summed E-state index contributed by atoms with van der Waals surface area (Å²) in [5.74, 6) is 1.36. The molecule has 0 saturated carbocycles. The summed E-state index contributed by atoms with van der Waals surface area (Å²) < 4.78 is 2.06. The molecule has 0 bridgehead atoms. The largest absolute Gasteiger partial charge is 0.339 e. The predicted octanol–water partition coefficient (Wildman–Crippen LogP) is 5.04. The van der Waals surface area contributed by atoms with Crippen molar-refractivity contribution in [2.24, 2.45) is 0 Å².